The molecule has 2 atom stereocenters. The summed E-state index contributed by atoms with van der Waals surface area (Å²) in [4.78, 5) is 23.6. The molecule has 1 amide bonds. The second kappa shape index (κ2) is 7.27. The third-order valence-corrected chi connectivity index (χ3v) is 4.78. The first kappa shape index (κ1) is 17.0. The number of amides is 1. The van der Waals surface area contributed by atoms with Crippen LogP contribution in [0.3, 0.4) is 0 Å². The summed E-state index contributed by atoms with van der Waals surface area (Å²) in [5.41, 5.74) is 1.90. The van der Waals surface area contributed by atoms with Crippen LogP contribution in [0.5, 0.6) is 0 Å². The quantitative estimate of drug-likeness (QED) is 0.828. The summed E-state index contributed by atoms with van der Waals surface area (Å²) >= 11 is 3.45. The van der Waals surface area contributed by atoms with Gasteiger partial charge in [0.1, 0.15) is 0 Å². The highest BCUT2D eigenvalue weighted by Gasteiger charge is 2.31. The van der Waals surface area contributed by atoms with Crippen LogP contribution < -0.4 is 5.32 Å². The predicted octanol–water partition coefficient (Wildman–Crippen LogP) is 4.40. The summed E-state index contributed by atoms with van der Waals surface area (Å²) in [5, 5.41) is 12.1. The van der Waals surface area contributed by atoms with E-state index in [-0.39, 0.29) is 17.7 Å². The Morgan fingerprint density at radius 3 is 2.59 bits per heavy atom. The molecule has 5 heteroatoms. The van der Waals surface area contributed by atoms with Gasteiger partial charge in [-0.1, -0.05) is 36.2 Å². The van der Waals surface area contributed by atoms with Gasteiger partial charge in [-0.15, -0.1) is 0 Å². The van der Waals surface area contributed by atoms with Crippen molar-refractivity contribution in [2.45, 2.75) is 45.4 Å². The number of carboxylic acid groups (broad SMARTS) is 1. The molecule has 0 bridgehead atoms. The van der Waals surface area contributed by atoms with Crippen molar-refractivity contribution in [3.63, 3.8) is 0 Å². The normalized spacial score (nSPS) is 21.6. The van der Waals surface area contributed by atoms with Gasteiger partial charge >= 0.3 is 5.97 Å². The molecule has 4 nitrogen and oxygen atoms in total. The van der Waals surface area contributed by atoms with Gasteiger partial charge in [0.2, 0.25) is 5.91 Å². The Labute approximate surface area is 139 Å². The third-order valence-electron chi connectivity index (χ3n) is 4.29. The minimum Gasteiger partial charge on any atom is -0.481 e. The largest absolute Gasteiger partial charge is 0.481 e. The van der Waals surface area contributed by atoms with Gasteiger partial charge in [0, 0.05) is 16.1 Å². The predicted molar refractivity (Wildman–Crippen MR) is 89.9 cm³/mol. The van der Waals surface area contributed by atoms with Crippen LogP contribution in [-0.2, 0) is 9.59 Å². The first-order valence-corrected chi connectivity index (χ1v) is 8.51. The Bertz CT molecular complexity index is 571. The van der Waals surface area contributed by atoms with Crippen LogP contribution in [0.25, 0.3) is 0 Å². The number of carbonyl (C=O) groups excluding carboxylic acids is 1. The molecule has 1 aliphatic rings. The summed E-state index contributed by atoms with van der Waals surface area (Å²) in [5.74, 6) is -1.15. The van der Waals surface area contributed by atoms with E-state index in [1.165, 1.54) is 0 Å². The SMILES string of the molecule is CC(C)c1cc(Br)ccc1NC(=O)C1CCCC(C(=O)O)C1. The van der Waals surface area contributed by atoms with Gasteiger partial charge in [-0.2, -0.15) is 0 Å². The monoisotopic (exact) mass is 367 g/mol. The standard InChI is InChI=1S/C17H22BrNO3/c1-10(2)14-9-13(18)6-7-15(14)19-16(20)11-4-3-5-12(8-11)17(21)22/h6-7,9-12H,3-5,8H2,1-2H3,(H,19,20)(H,21,22). The molecule has 1 aliphatic carbocycles. The Hall–Kier alpha value is -1.36. The van der Waals surface area contributed by atoms with Crippen LogP contribution in [0.2, 0.25) is 0 Å². The summed E-state index contributed by atoms with van der Waals surface area (Å²) in [6.07, 6.45) is 2.68. The zero-order valence-electron chi connectivity index (χ0n) is 12.9. The molecule has 1 aromatic carbocycles. The second-order valence-electron chi connectivity index (χ2n) is 6.27. The molecule has 0 radical (unpaired) electrons. The molecule has 2 unspecified atom stereocenters. The van der Waals surface area contributed by atoms with E-state index in [4.69, 9.17) is 5.11 Å². The molecule has 2 N–H and O–H groups in total. The van der Waals surface area contributed by atoms with E-state index in [1.54, 1.807) is 0 Å². The average Bonchev–Trinajstić information content (AvgIpc) is 2.48. The number of rotatable bonds is 4. The number of aliphatic carboxylic acids is 1. The fraction of sp³-hybridized carbons (Fsp3) is 0.529. The van der Waals surface area contributed by atoms with Crippen LogP contribution in [0, 0.1) is 11.8 Å². The van der Waals surface area contributed by atoms with E-state index in [9.17, 15) is 9.59 Å². The first-order valence-electron chi connectivity index (χ1n) is 7.71. The Morgan fingerprint density at radius 1 is 1.27 bits per heavy atom. The zero-order chi connectivity index (χ0) is 16.3. The minimum absolute atomic E-state index is 0.0600. The van der Waals surface area contributed by atoms with E-state index in [2.05, 4.69) is 35.1 Å². The van der Waals surface area contributed by atoms with Crippen LogP contribution in [-0.4, -0.2) is 17.0 Å². The molecule has 0 saturated heterocycles. The zero-order valence-corrected chi connectivity index (χ0v) is 14.5. The number of carbonyl (C=O) groups is 2. The van der Waals surface area contributed by atoms with Crippen molar-refractivity contribution in [3.05, 3.63) is 28.2 Å². The fourth-order valence-electron chi connectivity index (χ4n) is 3.01. The fourth-order valence-corrected chi connectivity index (χ4v) is 3.39. The van der Waals surface area contributed by atoms with Crippen molar-refractivity contribution in [1.82, 2.24) is 0 Å². The van der Waals surface area contributed by atoms with Gasteiger partial charge < -0.3 is 10.4 Å². The lowest BCUT2D eigenvalue weighted by Gasteiger charge is -2.26. The van der Waals surface area contributed by atoms with Gasteiger partial charge in [0.25, 0.3) is 0 Å². The van der Waals surface area contributed by atoms with Gasteiger partial charge in [-0.05, 0) is 48.9 Å². The number of hydrogen-bond donors (Lipinski definition) is 2. The van der Waals surface area contributed by atoms with Crippen LogP contribution in [0.15, 0.2) is 22.7 Å². The highest BCUT2D eigenvalue weighted by molar-refractivity contribution is 9.10. The number of hydrogen-bond acceptors (Lipinski definition) is 2. The Balaban J connectivity index is 2.10. The molecule has 0 aliphatic heterocycles. The van der Waals surface area contributed by atoms with Crippen LogP contribution >= 0.6 is 15.9 Å². The third kappa shape index (κ3) is 4.09. The summed E-state index contributed by atoms with van der Waals surface area (Å²) in [6, 6.07) is 5.82. The molecule has 1 aromatic rings. The molecule has 22 heavy (non-hydrogen) atoms. The number of benzene rings is 1. The van der Waals surface area contributed by atoms with Crippen LogP contribution in [0.1, 0.15) is 51.0 Å². The van der Waals surface area contributed by atoms with Gasteiger partial charge in [0.05, 0.1) is 5.92 Å². The van der Waals surface area contributed by atoms with Crippen LogP contribution in [0.4, 0.5) is 5.69 Å². The summed E-state index contributed by atoms with van der Waals surface area (Å²) in [7, 11) is 0. The van der Waals surface area contributed by atoms with Crippen molar-refractivity contribution in [2.75, 3.05) is 5.32 Å². The van der Waals surface area contributed by atoms with Gasteiger partial charge in [0.15, 0.2) is 0 Å². The topological polar surface area (TPSA) is 66.4 Å². The maximum Gasteiger partial charge on any atom is 0.306 e. The number of anilines is 1. The van der Waals surface area contributed by atoms with E-state index >= 15 is 0 Å². The van der Waals surface area contributed by atoms with Crippen molar-refractivity contribution in [1.29, 1.82) is 0 Å². The van der Waals surface area contributed by atoms with E-state index < -0.39 is 5.97 Å². The minimum atomic E-state index is -0.788. The molecule has 0 spiro atoms. The molecule has 120 valence electrons. The lowest BCUT2D eigenvalue weighted by molar-refractivity contribution is -0.143. The second-order valence-corrected chi connectivity index (χ2v) is 7.19. The molecule has 1 saturated carbocycles. The number of carboxylic acids is 1. The maximum atomic E-state index is 12.5. The smallest absolute Gasteiger partial charge is 0.306 e. The van der Waals surface area contributed by atoms with E-state index in [0.717, 1.165) is 28.6 Å². The highest BCUT2D eigenvalue weighted by Crippen LogP contribution is 2.32. The van der Waals surface area contributed by atoms with Crippen molar-refractivity contribution < 1.29 is 14.7 Å². The molecular formula is C17H22BrNO3. The average molecular weight is 368 g/mol. The lowest BCUT2D eigenvalue weighted by atomic mass is 9.81. The molecular weight excluding hydrogens is 346 g/mol. The van der Waals surface area contributed by atoms with E-state index in [1.807, 2.05) is 18.2 Å². The van der Waals surface area contributed by atoms with Gasteiger partial charge in [-0.25, -0.2) is 0 Å². The highest BCUT2D eigenvalue weighted by atomic mass is 79.9. The first-order chi connectivity index (χ1) is 10.4. The Morgan fingerprint density at radius 2 is 1.95 bits per heavy atom. The number of nitrogens with one attached hydrogen (secondary N) is 1. The summed E-state index contributed by atoms with van der Waals surface area (Å²) < 4.78 is 0.984. The maximum absolute atomic E-state index is 12.5. The molecule has 0 heterocycles. The molecule has 2 rings (SSSR count). The van der Waals surface area contributed by atoms with Crippen molar-refractivity contribution in [3.8, 4) is 0 Å². The molecule has 0 aromatic heterocycles. The molecule has 1 fully saturated rings. The van der Waals surface area contributed by atoms with Gasteiger partial charge in [-0.3, -0.25) is 9.59 Å². The van der Waals surface area contributed by atoms with E-state index in [0.29, 0.717) is 18.8 Å². The van der Waals surface area contributed by atoms with Crippen molar-refractivity contribution >= 4 is 33.5 Å². The number of halogens is 1. The summed E-state index contributed by atoms with van der Waals surface area (Å²) in [6.45, 7) is 4.16. The lowest BCUT2D eigenvalue weighted by Crippen LogP contribution is -2.31. The van der Waals surface area contributed by atoms with Crippen molar-refractivity contribution in [2.24, 2.45) is 11.8 Å². The Kier molecular flexibility index (Phi) is 5.62.